The summed E-state index contributed by atoms with van der Waals surface area (Å²) in [4.78, 5) is 24.4. The molecule has 0 aromatic heterocycles. The van der Waals surface area contributed by atoms with Crippen LogP contribution < -0.4 is 5.32 Å². The maximum absolute atomic E-state index is 11.6. The number of nitrogens with one attached hydrogen (secondary N) is 1. The number of nitrogens with zero attached hydrogens (tertiary/aromatic N) is 1. The van der Waals surface area contributed by atoms with Crippen LogP contribution in [0.15, 0.2) is 0 Å². The van der Waals surface area contributed by atoms with Gasteiger partial charge < -0.3 is 4.90 Å². The lowest BCUT2D eigenvalue weighted by Gasteiger charge is -2.39. The van der Waals surface area contributed by atoms with Gasteiger partial charge in [0, 0.05) is 19.5 Å². The van der Waals surface area contributed by atoms with E-state index in [9.17, 15) is 9.59 Å². The first-order valence-electron chi connectivity index (χ1n) is 6.18. The topological polar surface area (TPSA) is 49.4 Å². The van der Waals surface area contributed by atoms with E-state index in [0.29, 0.717) is 13.0 Å². The summed E-state index contributed by atoms with van der Waals surface area (Å²) in [5.41, 5.74) is 0.260. The standard InChI is InChI=1S/C12H20N2O2/c1-12(6-3-2-4-7-12)9-14-8-5-10(15)13-11(14)16/h2-9H2,1H3,(H,13,15,16). The maximum Gasteiger partial charge on any atom is 0.324 e. The molecule has 1 heterocycles. The zero-order valence-corrected chi connectivity index (χ0v) is 9.92. The van der Waals surface area contributed by atoms with Gasteiger partial charge in [0.15, 0.2) is 0 Å². The van der Waals surface area contributed by atoms with E-state index in [0.717, 1.165) is 6.54 Å². The summed E-state index contributed by atoms with van der Waals surface area (Å²) < 4.78 is 0. The second kappa shape index (κ2) is 4.44. The molecule has 0 spiro atoms. The normalized spacial score (nSPS) is 25.4. The number of amides is 3. The van der Waals surface area contributed by atoms with Gasteiger partial charge in [-0.3, -0.25) is 10.1 Å². The van der Waals surface area contributed by atoms with Gasteiger partial charge in [-0.15, -0.1) is 0 Å². The largest absolute Gasteiger partial charge is 0.324 e. The minimum atomic E-state index is -0.206. The van der Waals surface area contributed by atoms with Crippen LogP contribution in [-0.2, 0) is 4.79 Å². The quantitative estimate of drug-likeness (QED) is 0.778. The van der Waals surface area contributed by atoms with Gasteiger partial charge in [-0.1, -0.05) is 26.2 Å². The van der Waals surface area contributed by atoms with Crippen molar-refractivity contribution in [3.63, 3.8) is 0 Å². The number of hydrogen-bond acceptors (Lipinski definition) is 2. The second-order valence-corrected chi connectivity index (χ2v) is 5.40. The molecule has 1 N–H and O–H groups in total. The van der Waals surface area contributed by atoms with Crippen molar-refractivity contribution >= 4 is 11.9 Å². The van der Waals surface area contributed by atoms with Crippen molar-refractivity contribution in [2.45, 2.75) is 45.4 Å². The Bertz CT molecular complexity index is 295. The zero-order chi connectivity index (χ0) is 11.6. The Morgan fingerprint density at radius 2 is 1.94 bits per heavy atom. The molecule has 2 fully saturated rings. The Morgan fingerprint density at radius 1 is 1.25 bits per heavy atom. The third kappa shape index (κ3) is 2.54. The second-order valence-electron chi connectivity index (χ2n) is 5.40. The average molecular weight is 224 g/mol. The van der Waals surface area contributed by atoms with Gasteiger partial charge in [0.2, 0.25) is 5.91 Å². The molecule has 3 amide bonds. The van der Waals surface area contributed by atoms with E-state index in [1.54, 1.807) is 4.90 Å². The number of carbonyl (C=O) groups excluding carboxylic acids is 2. The lowest BCUT2D eigenvalue weighted by molar-refractivity contribution is -0.121. The van der Waals surface area contributed by atoms with E-state index < -0.39 is 0 Å². The minimum Gasteiger partial charge on any atom is -0.323 e. The van der Waals surface area contributed by atoms with Crippen LogP contribution in [0.3, 0.4) is 0 Å². The third-order valence-corrected chi connectivity index (χ3v) is 3.78. The van der Waals surface area contributed by atoms with Crippen LogP contribution in [-0.4, -0.2) is 29.9 Å². The van der Waals surface area contributed by atoms with Crippen molar-refractivity contribution in [1.29, 1.82) is 0 Å². The Balaban J connectivity index is 1.93. The van der Waals surface area contributed by atoms with E-state index in [-0.39, 0.29) is 17.4 Å². The molecule has 16 heavy (non-hydrogen) atoms. The van der Waals surface area contributed by atoms with Gasteiger partial charge in [0.25, 0.3) is 0 Å². The highest BCUT2D eigenvalue weighted by molar-refractivity contribution is 5.96. The van der Waals surface area contributed by atoms with Crippen LogP contribution in [0.5, 0.6) is 0 Å². The number of carbonyl (C=O) groups is 2. The summed E-state index contributed by atoms with van der Waals surface area (Å²) in [5.74, 6) is -0.143. The molecule has 2 rings (SSSR count). The fraction of sp³-hybridized carbons (Fsp3) is 0.833. The van der Waals surface area contributed by atoms with Crippen molar-refractivity contribution in [3.8, 4) is 0 Å². The van der Waals surface area contributed by atoms with Crippen molar-refractivity contribution in [2.24, 2.45) is 5.41 Å². The summed E-state index contributed by atoms with van der Waals surface area (Å²) in [6.07, 6.45) is 6.70. The molecule has 0 aromatic rings. The Labute approximate surface area is 96.4 Å². The van der Waals surface area contributed by atoms with Crippen LogP contribution in [0.1, 0.15) is 45.4 Å². The molecule has 1 aliphatic carbocycles. The number of rotatable bonds is 2. The Morgan fingerprint density at radius 3 is 2.56 bits per heavy atom. The monoisotopic (exact) mass is 224 g/mol. The molecule has 0 radical (unpaired) electrons. The number of imide groups is 1. The summed E-state index contributed by atoms with van der Waals surface area (Å²) in [6.45, 7) is 3.64. The highest BCUT2D eigenvalue weighted by atomic mass is 16.2. The van der Waals surface area contributed by atoms with E-state index in [2.05, 4.69) is 12.2 Å². The van der Waals surface area contributed by atoms with Gasteiger partial charge in [-0.05, 0) is 18.3 Å². The number of hydrogen-bond donors (Lipinski definition) is 1. The third-order valence-electron chi connectivity index (χ3n) is 3.78. The van der Waals surface area contributed by atoms with E-state index in [1.807, 2.05) is 0 Å². The van der Waals surface area contributed by atoms with E-state index in [1.165, 1.54) is 32.1 Å². The average Bonchev–Trinajstić information content (AvgIpc) is 2.23. The molecule has 0 unspecified atom stereocenters. The molecule has 0 atom stereocenters. The Kier molecular flexibility index (Phi) is 3.17. The smallest absolute Gasteiger partial charge is 0.323 e. The van der Waals surface area contributed by atoms with Gasteiger partial charge in [-0.2, -0.15) is 0 Å². The van der Waals surface area contributed by atoms with Crippen LogP contribution >= 0.6 is 0 Å². The molecule has 1 saturated heterocycles. The number of urea groups is 1. The minimum absolute atomic E-state index is 0.143. The van der Waals surface area contributed by atoms with Crippen molar-refractivity contribution in [3.05, 3.63) is 0 Å². The van der Waals surface area contributed by atoms with Crippen LogP contribution in [0, 0.1) is 5.41 Å². The molecule has 1 aliphatic heterocycles. The van der Waals surface area contributed by atoms with E-state index >= 15 is 0 Å². The van der Waals surface area contributed by atoms with Crippen molar-refractivity contribution in [2.75, 3.05) is 13.1 Å². The predicted molar refractivity (Wildman–Crippen MR) is 60.9 cm³/mol. The maximum atomic E-state index is 11.6. The molecule has 0 aromatic carbocycles. The molecule has 4 nitrogen and oxygen atoms in total. The van der Waals surface area contributed by atoms with Crippen LogP contribution in [0.25, 0.3) is 0 Å². The van der Waals surface area contributed by atoms with Gasteiger partial charge >= 0.3 is 6.03 Å². The SMILES string of the molecule is CC1(CN2CCC(=O)NC2=O)CCCCC1. The predicted octanol–water partition coefficient (Wildman–Crippen LogP) is 1.90. The molecule has 0 bridgehead atoms. The lowest BCUT2D eigenvalue weighted by Crippen LogP contribution is -2.52. The van der Waals surface area contributed by atoms with E-state index in [4.69, 9.17) is 0 Å². The highest BCUT2D eigenvalue weighted by Gasteiger charge is 2.32. The molecule has 1 saturated carbocycles. The fourth-order valence-corrected chi connectivity index (χ4v) is 2.77. The molecular weight excluding hydrogens is 204 g/mol. The first kappa shape index (κ1) is 11.4. The molecule has 90 valence electrons. The van der Waals surface area contributed by atoms with Gasteiger partial charge in [0.1, 0.15) is 0 Å². The first-order valence-corrected chi connectivity index (χ1v) is 6.18. The fourth-order valence-electron chi connectivity index (χ4n) is 2.77. The summed E-state index contributed by atoms with van der Waals surface area (Å²) in [6, 6.07) is -0.206. The van der Waals surface area contributed by atoms with Gasteiger partial charge in [-0.25, -0.2) is 4.79 Å². The Hall–Kier alpha value is -1.06. The molecule has 2 aliphatic rings. The summed E-state index contributed by atoms with van der Waals surface area (Å²) in [7, 11) is 0. The summed E-state index contributed by atoms with van der Waals surface area (Å²) >= 11 is 0. The summed E-state index contributed by atoms with van der Waals surface area (Å²) in [5, 5.41) is 2.38. The first-order chi connectivity index (χ1) is 7.59. The lowest BCUT2D eigenvalue weighted by atomic mass is 9.75. The van der Waals surface area contributed by atoms with Gasteiger partial charge in [0.05, 0.1) is 0 Å². The molecular formula is C12H20N2O2. The van der Waals surface area contributed by atoms with Crippen LogP contribution in [0.4, 0.5) is 4.79 Å². The highest BCUT2D eigenvalue weighted by Crippen LogP contribution is 2.36. The van der Waals surface area contributed by atoms with Crippen molar-refractivity contribution < 1.29 is 9.59 Å². The zero-order valence-electron chi connectivity index (χ0n) is 9.92. The van der Waals surface area contributed by atoms with Crippen LogP contribution in [0.2, 0.25) is 0 Å². The molecule has 4 heteroatoms. The van der Waals surface area contributed by atoms with Crippen molar-refractivity contribution in [1.82, 2.24) is 10.2 Å².